The summed E-state index contributed by atoms with van der Waals surface area (Å²) in [5.41, 5.74) is 1.68. The van der Waals surface area contributed by atoms with E-state index in [1.807, 2.05) is 37.3 Å². The van der Waals surface area contributed by atoms with Crippen LogP contribution in [0.4, 0.5) is 0 Å². The highest BCUT2D eigenvalue weighted by Crippen LogP contribution is 2.21. The summed E-state index contributed by atoms with van der Waals surface area (Å²) in [7, 11) is 0. The van der Waals surface area contributed by atoms with E-state index in [4.69, 9.17) is 9.47 Å². The van der Waals surface area contributed by atoms with Crippen LogP contribution >= 0.6 is 0 Å². The Morgan fingerprint density at radius 3 is 2.96 bits per heavy atom. The van der Waals surface area contributed by atoms with Crippen molar-refractivity contribution in [2.24, 2.45) is 0 Å². The second-order valence-electron chi connectivity index (χ2n) is 6.28. The van der Waals surface area contributed by atoms with Crippen molar-refractivity contribution >= 4 is 5.78 Å². The van der Waals surface area contributed by atoms with Gasteiger partial charge in [-0.05, 0) is 43.7 Å². The molecule has 3 rings (SSSR count). The number of benzene rings is 1. The predicted molar refractivity (Wildman–Crippen MR) is 93.2 cm³/mol. The Bertz CT molecular complexity index is 667. The number of rotatable bonds is 5. The molecule has 1 aromatic rings. The fourth-order valence-corrected chi connectivity index (χ4v) is 3.05. The van der Waals surface area contributed by atoms with Crippen molar-refractivity contribution in [3.63, 3.8) is 0 Å². The minimum Gasteiger partial charge on any atom is -0.488 e. The Balaban J connectivity index is 1.59. The number of ether oxygens (including phenoxy) is 2. The van der Waals surface area contributed by atoms with Gasteiger partial charge in [0.2, 0.25) is 0 Å². The van der Waals surface area contributed by atoms with E-state index in [2.05, 4.69) is 16.7 Å². The molecule has 0 aromatic heterocycles. The van der Waals surface area contributed by atoms with Gasteiger partial charge in [-0.25, -0.2) is 0 Å². The fourth-order valence-electron chi connectivity index (χ4n) is 3.05. The van der Waals surface area contributed by atoms with Gasteiger partial charge in [-0.2, -0.15) is 0 Å². The molecule has 0 bridgehead atoms. The van der Waals surface area contributed by atoms with E-state index in [1.54, 1.807) is 6.92 Å². The first-order valence-electron chi connectivity index (χ1n) is 8.35. The molecule has 2 heterocycles. The van der Waals surface area contributed by atoms with Gasteiger partial charge in [-0.3, -0.25) is 4.79 Å². The van der Waals surface area contributed by atoms with Crippen LogP contribution in [0.15, 0.2) is 42.2 Å². The van der Waals surface area contributed by atoms with Crippen LogP contribution in [0, 0.1) is 6.92 Å². The van der Waals surface area contributed by atoms with E-state index in [-0.39, 0.29) is 17.9 Å². The number of carbonyl (C=O) groups excluding carboxylic acids is 1. The van der Waals surface area contributed by atoms with Crippen LogP contribution in [0.3, 0.4) is 0 Å². The van der Waals surface area contributed by atoms with Gasteiger partial charge >= 0.3 is 0 Å². The number of Topliss-reactive ketones (excluding diaryl/α,β-unsaturated/α-hetero) is 1. The number of aryl methyl sites for hydroxylation is 1. The average molecular weight is 328 g/mol. The van der Waals surface area contributed by atoms with E-state index in [0.29, 0.717) is 13.2 Å². The van der Waals surface area contributed by atoms with Crippen LogP contribution in [0.1, 0.15) is 29.3 Å². The number of carbonyl (C=O) groups is 1. The maximum atomic E-state index is 11.5. The van der Waals surface area contributed by atoms with Crippen molar-refractivity contribution in [2.45, 2.75) is 32.4 Å². The molecule has 5 nitrogen and oxygen atoms in total. The predicted octanol–water partition coefficient (Wildman–Crippen LogP) is 2.32. The van der Waals surface area contributed by atoms with Gasteiger partial charge in [0.25, 0.3) is 0 Å². The van der Waals surface area contributed by atoms with E-state index in [0.717, 1.165) is 35.7 Å². The first-order chi connectivity index (χ1) is 11.6. The molecule has 0 saturated carbocycles. The lowest BCUT2D eigenvalue weighted by atomic mass is 10.0. The Hall–Kier alpha value is -2.27. The average Bonchev–Trinajstić information content (AvgIpc) is 2.56. The molecular formula is C19H24N2O3. The van der Waals surface area contributed by atoms with Gasteiger partial charge in [0, 0.05) is 18.5 Å². The van der Waals surface area contributed by atoms with Gasteiger partial charge in [0.15, 0.2) is 5.78 Å². The van der Waals surface area contributed by atoms with Gasteiger partial charge < -0.3 is 20.1 Å². The molecule has 24 heavy (non-hydrogen) atoms. The standard InChI is InChI=1S/C19H24N2O3/c1-13-9-16(6-7-18(13)14(2)22)24-17-10-15(11-23-12-17)21-19-5-3-4-8-20-19/h3-7,9,15,17,20-21H,8,10-12H2,1-2H3. The zero-order valence-corrected chi connectivity index (χ0v) is 14.2. The second-order valence-corrected chi connectivity index (χ2v) is 6.28. The van der Waals surface area contributed by atoms with Crippen molar-refractivity contribution in [1.82, 2.24) is 10.6 Å². The Morgan fingerprint density at radius 2 is 2.25 bits per heavy atom. The monoisotopic (exact) mass is 328 g/mol. The van der Waals surface area contributed by atoms with Crippen molar-refractivity contribution in [2.75, 3.05) is 19.8 Å². The number of allylic oxidation sites excluding steroid dienone is 2. The number of dihydropyridines is 1. The largest absolute Gasteiger partial charge is 0.488 e. The van der Waals surface area contributed by atoms with E-state index >= 15 is 0 Å². The molecular weight excluding hydrogens is 304 g/mol. The number of hydrogen-bond acceptors (Lipinski definition) is 5. The molecule has 0 radical (unpaired) electrons. The molecule has 5 heteroatoms. The van der Waals surface area contributed by atoms with E-state index < -0.39 is 0 Å². The Kier molecular flexibility index (Phi) is 5.20. The van der Waals surface area contributed by atoms with Gasteiger partial charge in [-0.15, -0.1) is 0 Å². The molecule has 2 atom stereocenters. The van der Waals surface area contributed by atoms with Crippen molar-refractivity contribution in [1.29, 1.82) is 0 Å². The van der Waals surface area contributed by atoms with Gasteiger partial charge in [-0.1, -0.05) is 12.2 Å². The third-order valence-corrected chi connectivity index (χ3v) is 4.22. The van der Waals surface area contributed by atoms with Crippen LogP contribution in [-0.2, 0) is 4.74 Å². The van der Waals surface area contributed by atoms with Crippen molar-refractivity contribution in [3.8, 4) is 5.75 Å². The Morgan fingerprint density at radius 1 is 1.38 bits per heavy atom. The first kappa shape index (κ1) is 16.6. The summed E-state index contributed by atoms with van der Waals surface area (Å²) in [6.07, 6.45) is 7.00. The highest BCUT2D eigenvalue weighted by atomic mass is 16.5. The zero-order chi connectivity index (χ0) is 16.9. The summed E-state index contributed by atoms with van der Waals surface area (Å²) in [5, 5.41) is 6.75. The molecule has 2 aliphatic heterocycles. The third kappa shape index (κ3) is 4.17. The summed E-state index contributed by atoms with van der Waals surface area (Å²) >= 11 is 0. The van der Waals surface area contributed by atoms with E-state index in [9.17, 15) is 4.79 Å². The summed E-state index contributed by atoms with van der Waals surface area (Å²) in [6.45, 7) is 5.61. The van der Waals surface area contributed by atoms with Crippen LogP contribution in [-0.4, -0.2) is 37.7 Å². The maximum Gasteiger partial charge on any atom is 0.160 e. The number of hydrogen-bond donors (Lipinski definition) is 2. The van der Waals surface area contributed by atoms with Crippen LogP contribution in [0.5, 0.6) is 5.75 Å². The lowest BCUT2D eigenvalue weighted by molar-refractivity contribution is -0.00950. The lowest BCUT2D eigenvalue weighted by Gasteiger charge is -2.32. The SMILES string of the molecule is CC(=O)c1ccc(OC2COCC(NC3=CC=CCN3)C2)cc1C. The molecule has 128 valence electrons. The molecule has 0 spiro atoms. The van der Waals surface area contributed by atoms with Crippen LogP contribution < -0.4 is 15.4 Å². The molecule has 0 aliphatic carbocycles. The fraction of sp³-hybridized carbons (Fsp3) is 0.421. The molecule has 2 N–H and O–H groups in total. The topological polar surface area (TPSA) is 59.6 Å². The molecule has 0 amide bonds. The maximum absolute atomic E-state index is 11.5. The second kappa shape index (κ2) is 7.53. The first-order valence-corrected chi connectivity index (χ1v) is 8.35. The van der Waals surface area contributed by atoms with Crippen LogP contribution in [0.25, 0.3) is 0 Å². The van der Waals surface area contributed by atoms with E-state index in [1.165, 1.54) is 0 Å². The molecule has 1 saturated heterocycles. The van der Waals surface area contributed by atoms with Crippen molar-refractivity contribution in [3.05, 3.63) is 53.4 Å². The van der Waals surface area contributed by atoms with Gasteiger partial charge in [0.05, 0.1) is 25.1 Å². The third-order valence-electron chi connectivity index (χ3n) is 4.22. The minimum atomic E-state index is -0.00133. The number of ketones is 1. The highest BCUT2D eigenvalue weighted by Gasteiger charge is 2.24. The summed E-state index contributed by atoms with van der Waals surface area (Å²) in [4.78, 5) is 11.5. The summed E-state index contributed by atoms with van der Waals surface area (Å²) in [5.74, 6) is 1.88. The quantitative estimate of drug-likeness (QED) is 0.813. The van der Waals surface area contributed by atoms with Gasteiger partial charge in [0.1, 0.15) is 11.9 Å². The van der Waals surface area contributed by atoms with Crippen molar-refractivity contribution < 1.29 is 14.3 Å². The lowest BCUT2D eigenvalue weighted by Crippen LogP contribution is -2.46. The Labute approximate surface area is 142 Å². The number of nitrogens with one attached hydrogen (secondary N) is 2. The normalized spacial score (nSPS) is 23.2. The smallest absolute Gasteiger partial charge is 0.160 e. The molecule has 1 fully saturated rings. The summed E-state index contributed by atoms with van der Waals surface area (Å²) in [6, 6.07) is 5.82. The zero-order valence-electron chi connectivity index (χ0n) is 14.2. The highest BCUT2D eigenvalue weighted by molar-refractivity contribution is 5.95. The molecule has 1 aromatic carbocycles. The van der Waals surface area contributed by atoms with Crippen LogP contribution in [0.2, 0.25) is 0 Å². The summed E-state index contributed by atoms with van der Waals surface area (Å²) < 4.78 is 11.7. The molecule has 2 unspecified atom stereocenters. The molecule has 2 aliphatic rings. The minimum absolute atomic E-state index is 0.00133.